The highest BCUT2D eigenvalue weighted by Gasteiger charge is 2.29. The first-order valence-electron chi connectivity index (χ1n) is 20.7. The SMILES string of the molecule is CCc1cc(O)c2c3c4cc(cc13)COc1cc(ccc1OC)CCC(=O)C[C@H](C[C@@H]1C=C(O)C=C[C@@H]1CCCCc1cccc(NC(N)=NC)c1)OC#C[C@@H]2CC4. The molecule has 4 aromatic rings. The van der Waals surface area contributed by atoms with E-state index in [1.807, 2.05) is 42.5 Å². The first-order valence-corrected chi connectivity index (χ1v) is 20.7. The molecule has 0 radical (unpaired) electrons. The van der Waals surface area contributed by atoms with Crippen LogP contribution in [-0.2, 0) is 41.8 Å². The van der Waals surface area contributed by atoms with E-state index < -0.39 is 6.10 Å². The monoisotopic (exact) mass is 781 g/mol. The number of aliphatic hydroxyl groups excluding tert-OH is 1. The number of anilines is 1. The molecule has 0 aromatic heterocycles. The van der Waals surface area contributed by atoms with Crippen molar-refractivity contribution in [3.8, 4) is 29.3 Å². The summed E-state index contributed by atoms with van der Waals surface area (Å²) in [5, 5.41) is 27.4. The van der Waals surface area contributed by atoms with Crippen molar-refractivity contribution in [2.45, 2.75) is 96.2 Å². The van der Waals surface area contributed by atoms with Crippen molar-refractivity contribution in [1.29, 1.82) is 0 Å². The van der Waals surface area contributed by atoms with Crippen LogP contribution in [0.1, 0.15) is 91.2 Å². The molecule has 3 heterocycles. The Morgan fingerprint density at radius 1 is 1.03 bits per heavy atom. The smallest absolute Gasteiger partial charge is 0.192 e. The molecule has 0 fully saturated rings. The second-order valence-electron chi connectivity index (χ2n) is 15.8. The Labute approximate surface area is 342 Å². The number of nitrogens with one attached hydrogen (secondary N) is 1. The fourth-order valence-corrected chi connectivity index (χ4v) is 8.79. The van der Waals surface area contributed by atoms with Crippen LogP contribution in [0.5, 0.6) is 17.2 Å². The number of hydrogen-bond acceptors (Lipinski definition) is 7. The molecule has 5 aliphatic rings. The van der Waals surface area contributed by atoms with Crippen LogP contribution in [0, 0.1) is 23.9 Å². The number of nitrogens with zero attached hydrogens (tertiary/aromatic N) is 1. The number of Topliss-reactive ketones (excluding diaryl/α,β-unsaturated/α-hetero) is 1. The van der Waals surface area contributed by atoms with Gasteiger partial charge in [0, 0.05) is 31.1 Å². The van der Waals surface area contributed by atoms with E-state index in [4.69, 9.17) is 19.9 Å². The van der Waals surface area contributed by atoms with Gasteiger partial charge in [-0.1, -0.05) is 49.6 Å². The number of ketones is 1. The van der Waals surface area contributed by atoms with Crippen molar-refractivity contribution in [2.75, 3.05) is 19.5 Å². The van der Waals surface area contributed by atoms with Crippen molar-refractivity contribution in [2.24, 2.45) is 22.6 Å². The number of rotatable bonds is 10. The van der Waals surface area contributed by atoms with Gasteiger partial charge in [0.05, 0.1) is 13.0 Å². The third-order valence-electron chi connectivity index (χ3n) is 11.8. The number of aryl methyl sites for hydroxylation is 4. The van der Waals surface area contributed by atoms with Gasteiger partial charge in [0.1, 0.15) is 36.1 Å². The molecule has 0 saturated carbocycles. The number of nitrogens with two attached hydrogens (primary N) is 1. The molecular weight excluding hydrogens is 727 g/mol. The number of aliphatic hydroxyl groups is 1. The molecule has 5 N–H and O–H groups in total. The summed E-state index contributed by atoms with van der Waals surface area (Å²) in [6, 6.07) is 20.3. The second kappa shape index (κ2) is 18.6. The van der Waals surface area contributed by atoms with Crippen LogP contribution >= 0.6 is 0 Å². The number of allylic oxidation sites excluding steroid dienone is 3. The zero-order chi connectivity index (χ0) is 40.6. The normalized spacial score (nSPS) is 20.6. The van der Waals surface area contributed by atoms with E-state index in [1.54, 1.807) is 20.2 Å². The number of ether oxygens (including phenoxy) is 3. The average Bonchev–Trinajstić information content (AvgIpc) is 3.22. The lowest BCUT2D eigenvalue weighted by Crippen LogP contribution is -2.24. The number of unbranched alkanes of at least 4 members (excludes halogenated alkanes) is 1. The minimum atomic E-state index is -0.483. The minimum Gasteiger partial charge on any atom is -0.508 e. The third kappa shape index (κ3) is 9.62. The molecule has 9 heteroatoms. The maximum atomic E-state index is 13.7. The van der Waals surface area contributed by atoms with Crippen LogP contribution < -0.4 is 20.5 Å². The van der Waals surface area contributed by atoms with Crippen LogP contribution in [-0.4, -0.2) is 42.2 Å². The summed E-state index contributed by atoms with van der Waals surface area (Å²) in [4.78, 5) is 17.7. The third-order valence-corrected chi connectivity index (χ3v) is 11.8. The van der Waals surface area contributed by atoms with Gasteiger partial charge in [-0.25, -0.2) is 0 Å². The van der Waals surface area contributed by atoms with Crippen LogP contribution in [0.4, 0.5) is 5.69 Å². The quantitative estimate of drug-likeness (QED) is 0.0541. The summed E-state index contributed by atoms with van der Waals surface area (Å²) in [6.45, 7) is 2.46. The Morgan fingerprint density at radius 3 is 2.74 bits per heavy atom. The highest BCUT2D eigenvalue weighted by atomic mass is 16.5. The first kappa shape index (κ1) is 40.3. The molecule has 4 atom stereocenters. The number of guanidine groups is 1. The summed E-state index contributed by atoms with van der Waals surface area (Å²) in [5.74, 6) is 5.50. The lowest BCUT2D eigenvalue weighted by molar-refractivity contribution is -0.121. The van der Waals surface area contributed by atoms with Gasteiger partial charge in [-0.2, -0.15) is 0 Å². The van der Waals surface area contributed by atoms with Crippen molar-refractivity contribution in [3.63, 3.8) is 0 Å². The van der Waals surface area contributed by atoms with Gasteiger partial charge < -0.3 is 35.5 Å². The van der Waals surface area contributed by atoms with Gasteiger partial charge in [0.15, 0.2) is 17.5 Å². The van der Waals surface area contributed by atoms with E-state index in [-0.39, 0.29) is 41.5 Å². The predicted octanol–water partition coefficient (Wildman–Crippen LogP) is 9.38. The van der Waals surface area contributed by atoms with E-state index in [9.17, 15) is 15.0 Å². The van der Waals surface area contributed by atoms with Gasteiger partial charge in [-0.05, 0) is 150 Å². The fraction of sp³-hybridized carbons (Fsp3) is 0.388. The molecule has 0 amide bonds. The molecule has 0 saturated heterocycles. The summed E-state index contributed by atoms with van der Waals surface area (Å²) < 4.78 is 18.4. The molecule has 8 bridgehead atoms. The number of phenols is 1. The largest absolute Gasteiger partial charge is 0.508 e. The fourth-order valence-electron chi connectivity index (χ4n) is 8.79. The standard InChI is InChI=1S/C49H55N3O6/c1-4-34-28-44(55)48-36-14-15-37-22-33(24-43(34)47(37)48)30-58-46-25-32(13-19-45(46)56-3)12-17-41(54)29-42(57-21-20-36)27-38-26-40(53)18-16-35(38)10-6-5-8-31-9-7-11-39(23-31)52-49(50)51-2/h7,9,11,13,16,18-19,22-26,28,35-36,38,42,53,55H,4-6,8,10,12,14-15,17,27,29-30H2,1-3H3,(H3,50,51,52)/t35-,36-,38-,42-/m0/s1. The molecule has 0 unspecified atom stereocenters. The average molecular weight is 782 g/mol. The summed E-state index contributed by atoms with van der Waals surface area (Å²) in [6.07, 6.45) is 16.1. The molecule has 3 aliphatic heterocycles. The zero-order valence-electron chi connectivity index (χ0n) is 33.9. The van der Waals surface area contributed by atoms with Crippen LogP contribution in [0.2, 0.25) is 0 Å². The van der Waals surface area contributed by atoms with E-state index in [0.717, 1.165) is 83.7 Å². The number of fused-ring (bicyclic) bond motifs is 1. The van der Waals surface area contributed by atoms with Crippen molar-refractivity contribution in [3.05, 3.63) is 118 Å². The number of hydrogen-bond donors (Lipinski definition) is 4. The van der Waals surface area contributed by atoms with Crippen molar-refractivity contribution >= 4 is 28.2 Å². The van der Waals surface area contributed by atoms with Gasteiger partial charge in [-0.3, -0.25) is 9.79 Å². The maximum Gasteiger partial charge on any atom is 0.192 e. The number of aromatic hydroxyl groups is 1. The number of carbonyl (C=O) groups is 1. The van der Waals surface area contributed by atoms with Gasteiger partial charge >= 0.3 is 0 Å². The number of carbonyl (C=O) groups excluding carboxylic acids is 1. The lowest BCUT2D eigenvalue weighted by atomic mass is 9.79. The number of aliphatic imine (C=N–C) groups is 1. The second-order valence-corrected chi connectivity index (χ2v) is 15.8. The Bertz CT molecular complexity index is 2300. The first-order chi connectivity index (χ1) is 28.2. The minimum absolute atomic E-state index is 0.0302. The Hall–Kier alpha value is -5.88. The molecule has 9 rings (SSSR count). The molecular formula is C49H55N3O6. The van der Waals surface area contributed by atoms with E-state index in [2.05, 4.69) is 59.6 Å². The number of phenolic OH excluding ortho intramolecular Hbond substituents is 1. The highest BCUT2D eigenvalue weighted by molar-refractivity contribution is 5.95. The Balaban J connectivity index is 1.13. The van der Waals surface area contributed by atoms with E-state index >= 15 is 0 Å². The van der Waals surface area contributed by atoms with E-state index in [1.165, 1.54) is 11.1 Å². The van der Waals surface area contributed by atoms with Gasteiger partial charge in [0.2, 0.25) is 0 Å². The predicted molar refractivity (Wildman–Crippen MR) is 231 cm³/mol. The molecule has 0 spiro atoms. The Kier molecular flexibility index (Phi) is 12.9. The molecule has 4 aromatic carbocycles. The van der Waals surface area contributed by atoms with Crippen LogP contribution in [0.3, 0.4) is 0 Å². The van der Waals surface area contributed by atoms with Crippen molar-refractivity contribution < 1.29 is 29.2 Å². The Morgan fingerprint density at radius 2 is 1.91 bits per heavy atom. The molecule has 302 valence electrons. The topological polar surface area (TPSA) is 136 Å². The van der Waals surface area contributed by atoms with Crippen LogP contribution in [0.15, 0.2) is 89.6 Å². The summed E-state index contributed by atoms with van der Waals surface area (Å²) >= 11 is 0. The van der Waals surface area contributed by atoms with Gasteiger partial charge in [0.25, 0.3) is 0 Å². The summed E-state index contributed by atoms with van der Waals surface area (Å²) in [7, 11) is 3.29. The van der Waals surface area contributed by atoms with Crippen LogP contribution in [0.25, 0.3) is 10.8 Å². The molecule has 2 aliphatic carbocycles. The summed E-state index contributed by atoms with van der Waals surface area (Å²) in [5.41, 5.74) is 13.1. The highest BCUT2D eigenvalue weighted by Crippen LogP contribution is 2.44. The lowest BCUT2D eigenvalue weighted by Gasteiger charge is -2.28. The number of benzene rings is 4. The van der Waals surface area contributed by atoms with E-state index in [0.29, 0.717) is 43.3 Å². The maximum absolute atomic E-state index is 13.7. The van der Waals surface area contributed by atoms with Crippen molar-refractivity contribution in [1.82, 2.24) is 0 Å². The zero-order valence-corrected chi connectivity index (χ0v) is 33.9. The van der Waals surface area contributed by atoms with Gasteiger partial charge in [-0.15, -0.1) is 0 Å². The molecule has 58 heavy (non-hydrogen) atoms. The number of methoxy groups -OCH3 is 1. The molecule has 9 nitrogen and oxygen atoms in total.